The zero-order valence-electron chi connectivity index (χ0n) is 30.6. The number of hydrogen-bond acceptors (Lipinski definition) is 8. The lowest BCUT2D eigenvalue weighted by molar-refractivity contribution is -0.116. The van der Waals surface area contributed by atoms with Crippen LogP contribution in [-0.4, -0.2) is 78.1 Å². The van der Waals surface area contributed by atoms with Crippen molar-refractivity contribution in [2.75, 3.05) is 26.7 Å². The number of ether oxygens (including phenoxy) is 1. The minimum atomic E-state index is -0.830. The number of allylic oxidation sites excluding steroid dienone is 5. The van der Waals surface area contributed by atoms with E-state index < -0.39 is 17.7 Å². The molecule has 1 aromatic carbocycles. The van der Waals surface area contributed by atoms with Gasteiger partial charge in [0.15, 0.2) is 0 Å². The monoisotopic (exact) mass is 673 g/mol. The fourth-order valence-corrected chi connectivity index (χ4v) is 6.48. The van der Waals surface area contributed by atoms with Crippen LogP contribution in [0.4, 0.5) is 0 Å². The SMILES string of the molecule is CCC(N)=NC1CNC(=C(C)C)N2CC(NC(=O)c3cccc4c3OCCC4(C)C)C(O)[C@]12C.C\C=C(C#N)/C=C\C(=C\CC)C(=O)NC. The Kier molecular flexibility index (Phi) is 13.3. The summed E-state index contributed by atoms with van der Waals surface area (Å²) in [5, 5.41) is 29.4. The molecule has 49 heavy (non-hydrogen) atoms. The Morgan fingerprint density at radius 1 is 1.24 bits per heavy atom. The van der Waals surface area contributed by atoms with Crippen LogP contribution in [0.15, 0.2) is 70.0 Å². The van der Waals surface area contributed by atoms with E-state index in [1.54, 1.807) is 38.3 Å². The Labute approximate surface area is 292 Å². The lowest BCUT2D eigenvalue weighted by Gasteiger charge is -2.48. The van der Waals surface area contributed by atoms with E-state index in [0.29, 0.717) is 54.4 Å². The molecular formula is C38H55N7O4. The number of aliphatic hydroxyl groups is 1. The lowest BCUT2D eigenvalue weighted by Crippen LogP contribution is -2.65. The molecule has 266 valence electrons. The predicted octanol–water partition coefficient (Wildman–Crippen LogP) is 4.37. The Balaban J connectivity index is 0.000000367. The Bertz CT molecular complexity index is 1580. The number of carbonyl (C=O) groups excluding carboxylic acids is 2. The molecular weight excluding hydrogens is 618 g/mol. The number of para-hydroxylation sites is 1. The van der Waals surface area contributed by atoms with Gasteiger partial charge in [-0.25, -0.2) is 0 Å². The van der Waals surface area contributed by atoms with E-state index in [4.69, 9.17) is 20.7 Å². The number of hydrogen-bond donors (Lipinski definition) is 5. The minimum absolute atomic E-state index is 0.0562. The van der Waals surface area contributed by atoms with Crippen molar-refractivity contribution in [3.8, 4) is 11.8 Å². The highest BCUT2D eigenvalue weighted by Gasteiger charge is 2.58. The molecule has 11 heteroatoms. The van der Waals surface area contributed by atoms with E-state index >= 15 is 0 Å². The molecule has 2 saturated heterocycles. The highest BCUT2D eigenvalue weighted by atomic mass is 16.5. The van der Waals surface area contributed by atoms with Crippen LogP contribution in [0.25, 0.3) is 0 Å². The number of aliphatic imine (C=N–C) groups is 1. The molecule has 4 atom stereocenters. The first-order valence-corrected chi connectivity index (χ1v) is 17.1. The topological polar surface area (TPSA) is 165 Å². The number of amides is 2. The average molecular weight is 674 g/mol. The number of nitriles is 1. The third kappa shape index (κ3) is 8.54. The van der Waals surface area contributed by atoms with Gasteiger partial charge in [-0.05, 0) is 69.7 Å². The van der Waals surface area contributed by atoms with Crippen LogP contribution in [0, 0.1) is 11.3 Å². The van der Waals surface area contributed by atoms with Gasteiger partial charge in [-0.2, -0.15) is 5.26 Å². The Hall–Kier alpha value is -4.56. The van der Waals surface area contributed by atoms with Gasteiger partial charge in [0.1, 0.15) is 17.7 Å². The molecule has 0 aromatic heterocycles. The number of aliphatic hydroxyl groups excluding tert-OH is 1. The third-order valence-corrected chi connectivity index (χ3v) is 9.58. The number of nitrogens with one attached hydrogen (secondary N) is 3. The molecule has 0 radical (unpaired) electrons. The van der Waals surface area contributed by atoms with E-state index in [9.17, 15) is 14.7 Å². The molecule has 6 N–H and O–H groups in total. The highest BCUT2D eigenvalue weighted by molar-refractivity contribution is 5.98. The number of fused-ring (bicyclic) bond motifs is 2. The Morgan fingerprint density at radius 3 is 2.55 bits per heavy atom. The first-order valence-electron chi connectivity index (χ1n) is 17.1. The fourth-order valence-electron chi connectivity index (χ4n) is 6.48. The van der Waals surface area contributed by atoms with Crippen LogP contribution in [0.5, 0.6) is 5.75 Å². The smallest absolute Gasteiger partial charge is 0.255 e. The summed E-state index contributed by atoms with van der Waals surface area (Å²) in [5.74, 6) is 1.81. The van der Waals surface area contributed by atoms with Crippen molar-refractivity contribution in [2.45, 2.75) is 104 Å². The van der Waals surface area contributed by atoms with Gasteiger partial charge in [-0.1, -0.05) is 52.0 Å². The molecule has 1 aromatic rings. The largest absolute Gasteiger partial charge is 0.492 e. The summed E-state index contributed by atoms with van der Waals surface area (Å²) in [6, 6.07) is 7.03. The van der Waals surface area contributed by atoms with Gasteiger partial charge >= 0.3 is 0 Å². The molecule has 2 fully saturated rings. The number of likely N-dealkylation sites (N-methyl/N-ethyl adjacent to an activating group) is 1. The molecule has 2 amide bonds. The second-order valence-corrected chi connectivity index (χ2v) is 13.6. The number of carbonyl (C=O) groups is 2. The van der Waals surface area contributed by atoms with E-state index in [1.165, 1.54) is 0 Å². The van der Waals surface area contributed by atoms with Gasteiger partial charge in [0, 0.05) is 43.3 Å². The van der Waals surface area contributed by atoms with Gasteiger partial charge in [-0.3, -0.25) is 14.6 Å². The average Bonchev–Trinajstić information content (AvgIpc) is 3.33. The van der Waals surface area contributed by atoms with Gasteiger partial charge in [0.2, 0.25) is 0 Å². The van der Waals surface area contributed by atoms with Gasteiger partial charge < -0.3 is 36.4 Å². The number of benzene rings is 1. The second-order valence-electron chi connectivity index (χ2n) is 13.6. The van der Waals surface area contributed by atoms with Crippen molar-refractivity contribution in [1.29, 1.82) is 5.26 Å². The van der Waals surface area contributed by atoms with Crippen molar-refractivity contribution in [2.24, 2.45) is 10.7 Å². The molecule has 11 nitrogen and oxygen atoms in total. The van der Waals surface area contributed by atoms with Crippen molar-refractivity contribution in [1.82, 2.24) is 20.9 Å². The lowest BCUT2D eigenvalue weighted by atomic mass is 9.79. The van der Waals surface area contributed by atoms with Crippen LogP contribution in [0.1, 0.15) is 90.6 Å². The summed E-state index contributed by atoms with van der Waals surface area (Å²) >= 11 is 0. The standard InChI is InChI=1S/C26H39N5O3.C12H16N2O/c1-7-20(27)30-19-13-28-23(15(2)3)31-14-18(22(32)26(19,31)6)29-24(33)16-9-8-10-17-21(16)34-12-11-25(17,4)5;1-4-6-11(12(15)14-3)8-7-10(5-2)9-13/h8-10,18-19,22,28,32H,7,11-14H2,1-6H3,(H2,27,30)(H,29,33);5-8H,4H2,1-3H3,(H,14,15)/b;8-7-,10-5+,11-6-/t18?,19?,22?,26-;/m0./s1. The fraction of sp³-hybridized carbons (Fsp3) is 0.526. The summed E-state index contributed by atoms with van der Waals surface area (Å²) in [5.41, 5.74) is 9.12. The quantitative estimate of drug-likeness (QED) is 0.0893. The third-order valence-electron chi connectivity index (χ3n) is 9.58. The molecule has 4 rings (SSSR count). The van der Waals surface area contributed by atoms with Crippen LogP contribution >= 0.6 is 0 Å². The van der Waals surface area contributed by atoms with E-state index in [2.05, 4.69) is 34.7 Å². The maximum atomic E-state index is 13.5. The summed E-state index contributed by atoms with van der Waals surface area (Å²) in [6.45, 7) is 17.8. The van der Waals surface area contributed by atoms with Crippen molar-refractivity contribution in [3.63, 3.8) is 0 Å². The van der Waals surface area contributed by atoms with Crippen molar-refractivity contribution < 1.29 is 19.4 Å². The number of nitrogens with two attached hydrogens (primary N) is 1. The summed E-state index contributed by atoms with van der Waals surface area (Å²) < 4.78 is 5.96. The van der Waals surface area contributed by atoms with Crippen molar-refractivity contribution in [3.05, 3.63) is 76.2 Å². The molecule has 3 aliphatic rings. The minimum Gasteiger partial charge on any atom is -0.492 e. The number of amidine groups is 1. The maximum absolute atomic E-state index is 13.5. The molecule has 3 unspecified atom stereocenters. The second kappa shape index (κ2) is 16.7. The summed E-state index contributed by atoms with van der Waals surface area (Å²) in [6.07, 6.45) is 8.31. The van der Waals surface area contributed by atoms with Crippen molar-refractivity contribution >= 4 is 17.6 Å². The first-order chi connectivity index (χ1) is 23.2. The first kappa shape index (κ1) is 38.9. The molecule has 0 bridgehead atoms. The van der Waals surface area contributed by atoms with Crippen LogP contribution < -0.4 is 26.4 Å². The maximum Gasteiger partial charge on any atom is 0.255 e. The van der Waals surface area contributed by atoms with Gasteiger partial charge in [0.05, 0.1) is 41.7 Å². The number of rotatable bonds is 8. The zero-order valence-corrected chi connectivity index (χ0v) is 30.6. The van der Waals surface area contributed by atoms with E-state index in [0.717, 1.165) is 29.8 Å². The molecule has 3 heterocycles. The van der Waals surface area contributed by atoms with Crippen LogP contribution in [-0.2, 0) is 10.2 Å². The molecule has 3 aliphatic heterocycles. The van der Waals surface area contributed by atoms with Gasteiger partial charge in [-0.15, -0.1) is 0 Å². The molecule has 0 spiro atoms. The zero-order chi connectivity index (χ0) is 36.5. The number of nitrogens with zero attached hydrogens (tertiary/aromatic N) is 3. The predicted molar refractivity (Wildman–Crippen MR) is 195 cm³/mol. The van der Waals surface area contributed by atoms with Crippen LogP contribution in [0.3, 0.4) is 0 Å². The Morgan fingerprint density at radius 2 is 1.96 bits per heavy atom. The van der Waals surface area contributed by atoms with E-state index in [-0.39, 0.29) is 23.3 Å². The van der Waals surface area contributed by atoms with E-state index in [1.807, 2.05) is 58.9 Å². The highest BCUT2D eigenvalue weighted by Crippen LogP contribution is 2.42. The summed E-state index contributed by atoms with van der Waals surface area (Å²) in [4.78, 5) is 31.7. The normalized spacial score (nSPS) is 24.8. The summed E-state index contributed by atoms with van der Waals surface area (Å²) in [7, 11) is 1.58. The van der Waals surface area contributed by atoms with Gasteiger partial charge in [0.25, 0.3) is 11.8 Å². The molecule has 0 saturated carbocycles. The van der Waals surface area contributed by atoms with Crippen LogP contribution in [0.2, 0.25) is 0 Å². The molecule has 0 aliphatic carbocycles.